The van der Waals surface area contributed by atoms with Crippen molar-refractivity contribution in [3.8, 4) is 5.82 Å². The lowest BCUT2D eigenvalue weighted by Gasteiger charge is -2.16. The third-order valence-electron chi connectivity index (χ3n) is 3.31. The lowest BCUT2D eigenvalue weighted by atomic mass is 10.1. The topological polar surface area (TPSA) is 73.5 Å². The number of pyridine rings is 1. The third-order valence-corrected chi connectivity index (χ3v) is 3.31. The maximum absolute atomic E-state index is 4.38. The van der Waals surface area contributed by atoms with Crippen molar-refractivity contribution < 1.29 is 0 Å². The molecule has 0 aliphatic rings. The van der Waals surface area contributed by atoms with Crippen molar-refractivity contribution in [3.05, 3.63) is 48.4 Å². The molecular weight excluding hydrogens is 266 g/mol. The molecule has 3 heterocycles. The molecule has 108 valence electrons. The molecule has 21 heavy (non-hydrogen) atoms. The highest BCUT2D eigenvalue weighted by Gasteiger charge is 2.14. The fraction of sp³-hybridized carbons (Fsp3) is 0.286. The first-order chi connectivity index (χ1) is 10.1. The SMILES string of the molecule is Cc1nn(C)cc1C(C)Nc1cccnc1-n1cncn1. The average Bonchev–Trinajstić information content (AvgIpc) is 3.09. The molecule has 0 amide bonds. The minimum atomic E-state index is 0.116. The van der Waals surface area contributed by atoms with Gasteiger partial charge in [-0.05, 0) is 26.0 Å². The van der Waals surface area contributed by atoms with Crippen LogP contribution in [0.5, 0.6) is 0 Å². The molecule has 1 N–H and O–H groups in total. The van der Waals surface area contributed by atoms with Gasteiger partial charge in [0.2, 0.25) is 0 Å². The number of rotatable bonds is 4. The first-order valence-electron chi connectivity index (χ1n) is 6.72. The molecule has 3 rings (SSSR count). The monoisotopic (exact) mass is 283 g/mol. The smallest absolute Gasteiger partial charge is 0.178 e. The van der Waals surface area contributed by atoms with Crippen LogP contribution in [0.2, 0.25) is 0 Å². The van der Waals surface area contributed by atoms with E-state index in [1.54, 1.807) is 17.2 Å². The maximum Gasteiger partial charge on any atom is 0.178 e. The molecule has 0 saturated heterocycles. The largest absolute Gasteiger partial charge is 0.375 e. The number of aromatic nitrogens is 6. The fourth-order valence-electron chi connectivity index (χ4n) is 2.36. The lowest BCUT2D eigenvalue weighted by Crippen LogP contribution is -2.11. The van der Waals surface area contributed by atoms with Gasteiger partial charge in [-0.1, -0.05) is 0 Å². The van der Waals surface area contributed by atoms with Gasteiger partial charge in [0.25, 0.3) is 0 Å². The summed E-state index contributed by atoms with van der Waals surface area (Å²) in [5, 5.41) is 12.0. The van der Waals surface area contributed by atoms with Crippen molar-refractivity contribution in [2.45, 2.75) is 19.9 Å². The van der Waals surface area contributed by atoms with Crippen LogP contribution < -0.4 is 5.32 Å². The summed E-state index contributed by atoms with van der Waals surface area (Å²) in [6, 6.07) is 3.99. The molecule has 0 spiro atoms. The fourth-order valence-corrected chi connectivity index (χ4v) is 2.36. The van der Waals surface area contributed by atoms with Crippen molar-refractivity contribution in [1.82, 2.24) is 29.5 Å². The van der Waals surface area contributed by atoms with Crippen LogP contribution in [0.3, 0.4) is 0 Å². The zero-order valence-corrected chi connectivity index (χ0v) is 12.2. The van der Waals surface area contributed by atoms with E-state index in [9.17, 15) is 0 Å². The van der Waals surface area contributed by atoms with Gasteiger partial charge in [-0.3, -0.25) is 4.68 Å². The molecule has 0 bridgehead atoms. The molecule has 1 unspecified atom stereocenters. The summed E-state index contributed by atoms with van der Waals surface area (Å²) in [6.07, 6.45) is 6.89. The summed E-state index contributed by atoms with van der Waals surface area (Å²) in [5.74, 6) is 0.725. The predicted octanol–water partition coefficient (Wildman–Crippen LogP) is 1.88. The van der Waals surface area contributed by atoms with Crippen LogP contribution in [0, 0.1) is 6.92 Å². The molecule has 7 heteroatoms. The lowest BCUT2D eigenvalue weighted by molar-refractivity contribution is 0.756. The Morgan fingerprint density at radius 2 is 2.19 bits per heavy atom. The second-order valence-corrected chi connectivity index (χ2v) is 4.92. The van der Waals surface area contributed by atoms with Gasteiger partial charge in [0.05, 0.1) is 17.4 Å². The Morgan fingerprint density at radius 3 is 2.86 bits per heavy atom. The molecule has 1 atom stereocenters. The first kappa shape index (κ1) is 13.3. The number of anilines is 1. The van der Waals surface area contributed by atoms with Gasteiger partial charge < -0.3 is 5.32 Å². The van der Waals surface area contributed by atoms with E-state index in [1.165, 1.54) is 6.33 Å². The molecule has 7 nitrogen and oxygen atoms in total. The third kappa shape index (κ3) is 2.62. The van der Waals surface area contributed by atoms with Crippen molar-refractivity contribution >= 4 is 5.69 Å². The van der Waals surface area contributed by atoms with E-state index >= 15 is 0 Å². The van der Waals surface area contributed by atoms with Crippen LogP contribution in [0.25, 0.3) is 5.82 Å². The number of hydrogen-bond donors (Lipinski definition) is 1. The van der Waals surface area contributed by atoms with Gasteiger partial charge in [-0.15, -0.1) is 0 Å². The highest BCUT2D eigenvalue weighted by molar-refractivity contribution is 5.57. The second-order valence-electron chi connectivity index (χ2n) is 4.92. The van der Waals surface area contributed by atoms with Gasteiger partial charge in [0.1, 0.15) is 12.7 Å². The average molecular weight is 283 g/mol. The Bertz CT molecular complexity index is 730. The number of nitrogens with zero attached hydrogens (tertiary/aromatic N) is 6. The molecule has 0 fully saturated rings. The number of nitrogens with one attached hydrogen (secondary N) is 1. The Hall–Kier alpha value is -2.70. The van der Waals surface area contributed by atoms with Crippen LogP contribution in [0.1, 0.15) is 24.2 Å². The zero-order chi connectivity index (χ0) is 14.8. The van der Waals surface area contributed by atoms with Crippen LogP contribution in [-0.4, -0.2) is 29.5 Å². The number of hydrogen-bond acceptors (Lipinski definition) is 5. The molecule has 3 aromatic rings. The summed E-state index contributed by atoms with van der Waals surface area (Å²) in [6.45, 7) is 4.11. The molecule has 0 radical (unpaired) electrons. The summed E-state index contributed by atoms with van der Waals surface area (Å²) in [4.78, 5) is 8.34. The van der Waals surface area contributed by atoms with Crippen LogP contribution in [-0.2, 0) is 7.05 Å². The Balaban J connectivity index is 1.90. The van der Waals surface area contributed by atoms with Crippen molar-refractivity contribution in [1.29, 1.82) is 0 Å². The second kappa shape index (κ2) is 5.35. The van der Waals surface area contributed by atoms with E-state index < -0.39 is 0 Å². The predicted molar refractivity (Wildman–Crippen MR) is 79.1 cm³/mol. The normalized spacial score (nSPS) is 12.3. The van der Waals surface area contributed by atoms with Gasteiger partial charge >= 0.3 is 0 Å². The minimum absolute atomic E-state index is 0.116. The van der Waals surface area contributed by atoms with Gasteiger partial charge in [0.15, 0.2) is 5.82 Å². The van der Waals surface area contributed by atoms with Crippen molar-refractivity contribution in [3.63, 3.8) is 0 Å². The quantitative estimate of drug-likeness (QED) is 0.791. The van der Waals surface area contributed by atoms with E-state index in [1.807, 2.05) is 37.0 Å². The van der Waals surface area contributed by atoms with Gasteiger partial charge in [-0.2, -0.15) is 10.2 Å². The summed E-state index contributed by atoms with van der Waals surface area (Å²) < 4.78 is 3.47. The Kier molecular flexibility index (Phi) is 3.39. The Labute approximate surface area is 122 Å². The van der Waals surface area contributed by atoms with Crippen molar-refractivity contribution in [2.75, 3.05) is 5.32 Å². The van der Waals surface area contributed by atoms with Gasteiger partial charge in [-0.25, -0.2) is 14.6 Å². The summed E-state index contributed by atoms with van der Waals surface area (Å²) >= 11 is 0. The summed E-state index contributed by atoms with van der Waals surface area (Å²) in [7, 11) is 1.92. The van der Waals surface area contributed by atoms with Crippen LogP contribution in [0.15, 0.2) is 37.2 Å². The zero-order valence-electron chi connectivity index (χ0n) is 12.2. The molecule has 0 aromatic carbocycles. The molecule has 0 aliphatic carbocycles. The highest BCUT2D eigenvalue weighted by Crippen LogP contribution is 2.24. The van der Waals surface area contributed by atoms with Crippen LogP contribution in [0.4, 0.5) is 5.69 Å². The van der Waals surface area contributed by atoms with E-state index in [2.05, 4.69) is 32.4 Å². The van der Waals surface area contributed by atoms with E-state index in [4.69, 9.17) is 0 Å². The van der Waals surface area contributed by atoms with Crippen molar-refractivity contribution in [2.24, 2.45) is 7.05 Å². The standard InChI is InChI=1S/C14H17N7/c1-10(12-7-20(3)19-11(12)2)18-13-5-4-6-16-14(13)21-9-15-8-17-21/h4-10,18H,1-3H3. The number of aryl methyl sites for hydroxylation is 2. The first-order valence-corrected chi connectivity index (χ1v) is 6.72. The highest BCUT2D eigenvalue weighted by atomic mass is 15.3. The van der Waals surface area contributed by atoms with Crippen LogP contribution >= 0.6 is 0 Å². The molecule has 0 aliphatic heterocycles. The Morgan fingerprint density at radius 1 is 1.33 bits per heavy atom. The van der Waals surface area contributed by atoms with E-state index in [0.29, 0.717) is 0 Å². The molecule has 3 aromatic heterocycles. The maximum atomic E-state index is 4.38. The van der Waals surface area contributed by atoms with Gasteiger partial charge in [0, 0.05) is 25.0 Å². The van der Waals surface area contributed by atoms with E-state index in [-0.39, 0.29) is 6.04 Å². The minimum Gasteiger partial charge on any atom is -0.375 e. The van der Waals surface area contributed by atoms with E-state index in [0.717, 1.165) is 22.8 Å². The molecule has 0 saturated carbocycles. The summed E-state index contributed by atoms with van der Waals surface area (Å²) in [5.41, 5.74) is 3.08. The molecular formula is C14H17N7.